The number of halogens is 3. The molecule has 3 heterocycles. The molecular weight excluding hydrogens is 429 g/mol. The van der Waals surface area contributed by atoms with Crippen molar-refractivity contribution in [3.8, 4) is 0 Å². The third kappa shape index (κ3) is 3.23. The van der Waals surface area contributed by atoms with Crippen LogP contribution in [-0.2, 0) is 17.6 Å². The highest BCUT2D eigenvalue weighted by Crippen LogP contribution is 2.32. The van der Waals surface area contributed by atoms with Gasteiger partial charge in [0, 0.05) is 16.9 Å². The minimum atomic E-state index is -4.46. The summed E-state index contributed by atoms with van der Waals surface area (Å²) in [5.74, 6) is -0.355. The van der Waals surface area contributed by atoms with E-state index in [1.807, 2.05) is 19.1 Å². The number of nitrogens with zero attached hydrogens (tertiary/aromatic N) is 3. The number of rotatable bonds is 1. The quantitative estimate of drug-likeness (QED) is 0.627. The second kappa shape index (κ2) is 6.81. The van der Waals surface area contributed by atoms with E-state index in [9.17, 15) is 22.8 Å². The Balaban J connectivity index is 1.60. The zero-order valence-corrected chi connectivity index (χ0v) is 17.0. The van der Waals surface area contributed by atoms with E-state index in [2.05, 4.69) is 10.3 Å². The van der Waals surface area contributed by atoms with Gasteiger partial charge >= 0.3 is 6.18 Å². The monoisotopic (exact) mass is 444 g/mol. The number of carbonyl (C=O) groups is 1. The fourth-order valence-electron chi connectivity index (χ4n) is 3.71. The first-order valence-electron chi connectivity index (χ1n) is 9.35. The molecule has 0 unspecified atom stereocenters. The van der Waals surface area contributed by atoms with Crippen LogP contribution in [0.2, 0.25) is 0 Å². The zero-order chi connectivity index (χ0) is 21.9. The number of anilines is 2. The van der Waals surface area contributed by atoms with Gasteiger partial charge in [0.2, 0.25) is 0 Å². The highest BCUT2D eigenvalue weighted by molar-refractivity contribution is 7.07. The Labute approximate surface area is 177 Å². The molecule has 3 aromatic rings. The number of benzene rings is 2. The molecule has 0 atom stereocenters. The molecule has 2 aromatic carbocycles. The molecule has 1 N–H and O–H groups in total. The number of thiazole rings is 1. The Morgan fingerprint density at radius 2 is 1.94 bits per heavy atom. The molecule has 0 saturated carbocycles. The van der Waals surface area contributed by atoms with Crippen LogP contribution in [0.4, 0.5) is 24.5 Å². The van der Waals surface area contributed by atoms with E-state index in [-0.39, 0.29) is 29.3 Å². The van der Waals surface area contributed by atoms with Gasteiger partial charge in [-0.15, -0.1) is 0 Å². The third-order valence-corrected chi connectivity index (χ3v) is 6.35. The number of alkyl halides is 3. The Morgan fingerprint density at radius 1 is 1.13 bits per heavy atom. The first-order chi connectivity index (χ1) is 14.7. The maximum Gasteiger partial charge on any atom is 0.416 e. The van der Waals surface area contributed by atoms with Crippen molar-refractivity contribution < 1.29 is 18.0 Å². The van der Waals surface area contributed by atoms with E-state index >= 15 is 0 Å². The molecule has 6 nitrogen and oxygen atoms in total. The zero-order valence-electron chi connectivity index (χ0n) is 16.2. The number of nitrogens with one attached hydrogen (secondary N) is 1. The molecule has 10 heteroatoms. The molecular formula is C21H15F3N4O2S. The van der Waals surface area contributed by atoms with Crippen molar-refractivity contribution in [3.63, 3.8) is 0 Å². The van der Waals surface area contributed by atoms with E-state index < -0.39 is 11.7 Å². The lowest BCUT2D eigenvalue weighted by Gasteiger charge is -2.26. The highest BCUT2D eigenvalue weighted by Gasteiger charge is 2.31. The van der Waals surface area contributed by atoms with Gasteiger partial charge in [-0.2, -0.15) is 13.2 Å². The Bertz CT molecular complexity index is 1420. The van der Waals surface area contributed by atoms with Crippen LogP contribution in [0, 0.1) is 6.92 Å². The van der Waals surface area contributed by atoms with Crippen LogP contribution in [0.1, 0.15) is 16.7 Å². The molecule has 0 aliphatic carbocycles. The van der Waals surface area contributed by atoms with Crippen LogP contribution >= 0.6 is 11.3 Å². The first-order valence-corrected chi connectivity index (χ1v) is 10.2. The van der Waals surface area contributed by atoms with E-state index in [4.69, 9.17) is 0 Å². The Morgan fingerprint density at radius 3 is 2.71 bits per heavy atom. The predicted octanol–water partition coefficient (Wildman–Crippen LogP) is 2.44. The molecule has 0 radical (unpaired) electrons. The minimum absolute atomic E-state index is 0.0467. The van der Waals surface area contributed by atoms with E-state index in [1.54, 1.807) is 17.0 Å². The van der Waals surface area contributed by atoms with Gasteiger partial charge in [-0.1, -0.05) is 29.0 Å². The molecule has 158 valence electrons. The molecule has 0 bridgehead atoms. The number of hydrogen-bond donors (Lipinski definition) is 1. The van der Waals surface area contributed by atoms with Crippen LogP contribution in [-0.4, -0.2) is 17.1 Å². The summed E-state index contributed by atoms with van der Waals surface area (Å²) in [4.78, 5) is 32.1. The van der Waals surface area contributed by atoms with Crippen LogP contribution in [0.5, 0.6) is 0 Å². The highest BCUT2D eigenvalue weighted by atomic mass is 32.1. The van der Waals surface area contributed by atoms with Crippen molar-refractivity contribution in [1.82, 2.24) is 4.57 Å². The van der Waals surface area contributed by atoms with Crippen molar-refractivity contribution in [3.05, 3.63) is 78.8 Å². The van der Waals surface area contributed by atoms with Gasteiger partial charge < -0.3 is 10.2 Å². The van der Waals surface area contributed by atoms with Crippen molar-refractivity contribution in [2.24, 2.45) is 4.99 Å². The number of amides is 1. The minimum Gasteiger partial charge on any atom is -0.334 e. The summed E-state index contributed by atoms with van der Waals surface area (Å²) in [7, 11) is 0. The third-order valence-electron chi connectivity index (χ3n) is 5.24. The number of carbonyl (C=O) groups excluding carboxylic acids is 1. The summed E-state index contributed by atoms with van der Waals surface area (Å²) in [5.41, 5.74) is 1.72. The lowest BCUT2D eigenvalue weighted by Crippen LogP contribution is -2.43. The molecule has 0 fully saturated rings. The van der Waals surface area contributed by atoms with Crippen molar-refractivity contribution in [2.45, 2.75) is 19.8 Å². The van der Waals surface area contributed by atoms with Crippen molar-refractivity contribution in [2.75, 3.05) is 16.9 Å². The molecule has 1 aromatic heterocycles. The lowest BCUT2D eigenvalue weighted by atomic mass is 10.1. The number of aryl methyl sites for hydroxylation is 1. The summed E-state index contributed by atoms with van der Waals surface area (Å²) in [6.07, 6.45) is -4.46. The maximum atomic E-state index is 13.1. The molecule has 1 amide bonds. The normalized spacial score (nSPS) is 17.2. The first kappa shape index (κ1) is 19.6. The van der Waals surface area contributed by atoms with Gasteiger partial charge in [-0.05, 0) is 37.3 Å². The maximum absolute atomic E-state index is 13.1. The van der Waals surface area contributed by atoms with Gasteiger partial charge in [-0.3, -0.25) is 14.2 Å². The second-order valence-corrected chi connectivity index (χ2v) is 8.33. The van der Waals surface area contributed by atoms with E-state index in [0.717, 1.165) is 29.0 Å². The summed E-state index contributed by atoms with van der Waals surface area (Å²) in [6, 6.07) is 10.4. The summed E-state index contributed by atoms with van der Waals surface area (Å²) in [6.45, 7) is 2.05. The second-order valence-electron chi connectivity index (χ2n) is 7.35. The van der Waals surface area contributed by atoms with Crippen LogP contribution in [0.25, 0.3) is 5.57 Å². The fourth-order valence-corrected chi connectivity index (χ4v) is 4.77. The van der Waals surface area contributed by atoms with Gasteiger partial charge in [0.15, 0.2) is 4.80 Å². The Hall–Kier alpha value is -3.40. The smallest absolute Gasteiger partial charge is 0.334 e. The van der Waals surface area contributed by atoms with E-state index in [1.165, 1.54) is 10.6 Å². The Kier molecular flexibility index (Phi) is 4.30. The van der Waals surface area contributed by atoms with E-state index in [0.29, 0.717) is 27.3 Å². The van der Waals surface area contributed by atoms with Gasteiger partial charge in [0.25, 0.3) is 11.5 Å². The van der Waals surface area contributed by atoms with Crippen LogP contribution in [0.15, 0.2) is 52.3 Å². The molecule has 0 saturated heterocycles. The van der Waals surface area contributed by atoms with Crippen LogP contribution < -0.4 is 25.1 Å². The predicted molar refractivity (Wildman–Crippen MR) is 110 cm³/mol. The average Bonchev–Trinajstić information content (AvgIpc) is 3.22. The summed E-state index contributed by atoms with van der Waals surface area (Å²) < 4.78 is 40.8. The average molecular weight is 444 g/mol. The SMILES string of the molecule is Cc1ccc2c(c1)C(=c1sc3n(c1=O)CN(c1cccc(C(F)(F)F)c1)CN=3)C(=O)N2. The number of hydrogen-bond acceptors (Lipinski definition) is 5. The topological polar surface area (TPSA) is 66.7 Å². The largest absolute Gasteiger partial charge is 0.416 e. The van der Waals surface area contributed by atoms with Crippen molar-refractivity contribution >= 4 is 34.2 Å². The van der Waals surface area contributed by atoms with Gasteiger partial charge in [0.1, 0.15) is 17.9 Å². The number of aromatic nitrogens is 1. The molecule has 5 rings (SSSR count). The van der Waals surface area contributed by atoms with Gasteiger partial charge in [0.05, 0.1) is 11.1 Å². The fraction of sp³-hybridized carbons (Fsp3) is 0.190. The molecule has 2 aliphatic rings. The number of fused-ring (bicyclic) bond motifs is 2. The molecule has 31 heavy (non-hydrogen) atoms. The van der Waals surface area contributed by atoms with Gasteiger partial charge in [-0.25, -0.2) is 4.99 Å². The lowest BCUT2D eigenvalue weighted by molar-refractivity contribution is -0.137. The van der Waals surface area contributed by atoms with Crippen LogP contribution in [0.3, 0.4) is 0 Å². The summed E-state index contributed by atoms with van der Waals surface area (Å²) >= 11 is 1.12. The molecule has 0 spiro atoms. The standard InChI is InChI=1S/C21H15F3N4O2S/c1-11-5-6-15-14(7-11)16(18(29)26-15)17-19(30)28-10-27(9-25-20(28)31-17)13-4-2-3-12(8-13)21(22,23)24/h2-8H,9-10H2,1H3,(H,26,29). The molecule has 2 aliphatic heterocycles. The summed E-state index contributed by atoms with van der Waals surface area (Å²) in [5, 5.41) is 2.77. The van der Waals surface area contributed by atoms with Crippen molar-refractivity contribution in [1.29, 1.82) is 0 Å².